The van der Waals surface area contributed by atoms with E-state index in [0.717, 1.165) is 18.3 Å². The molecule has 0 heterocycles. The van der Waals surface area contributed by atoms with Gasteiger partial charge in [-0.3, -0.25) is 0 Å². The minimum absolute atomic E-state index is 0.0656. The first-order chi connectivity index (χ1) is 14.5. The van der Waals surface area contributed by atoms with Gasteiger partial charge in [-0.2, -0.15) is 24.9 Å². The third kappa shape index (κ3) is 7.47. The summed E-state index contributed by atoms with van der Waals surface area (Å²) in [4.78, 5) is 6.15. The number of nitrogens with zero attached hydrogens (tertiary/aromatic N) is 2. The van der Waals surface area contributed by atoms with Crippen molar-refractivity contribution in [3.8, 4) is 5.75 Å². The van der Waals surface area contributed by atoms with Crippen LogP contribution in [0.15, 0.2) is 53.6 Å². The van der Waals surface area contributed by atoms with Gasteiger partial charge in [-0.25, -0.2) is 4.99 Å². The monoisotopic (exact) mass is 456 g/mol. The number of hydrogen-bond acceptors (Lipinski definition) is 4. The number of aliphatic imine (C=N–C) groups is 1. The van der Waals surface area contributed by atoms with E-state index in [-0.39, 0.29) is 17.1 Å². The molecule has 0 saturated heterocycles. The maximum Gasteiger partial charge on any atom is 0.422 e. The minimum Gasteiger partial charge on any atom is -0.496 e. The van der Waals surface area contributed by atoms with Gasteiger partial charge in [0.05, 0.1) is 19.1 Å². The van der Waals surface area contributed by atoms with Crippen molar-refractivity contribution in [2.24, 2.45) is 4.99 Å². The number of alkyl halides is 3. The smallest absolute Gasteiger partial charge is 0.422 e. The summed E-state index contributed by atoms with van der Waals surface area (Å²) in [5.41, 5.74) is -1.78. The van der Waals surface area contributed by atoms with Gasteiger partial charge in [-0.15, -0.1) is 0 Å². The molecule has 8 heteroatoms. The fourth-order valence-electron chi connectivity index (χ4n) is 2.54. The van der Waals surface area contributed by atoms with E-state index < -0.39 is 17.5 Å². The predicted molar refractivity (Wildman–Crippen MR) is 125 cm³/mol. The molecular formula is C23H31F3N2O2S. The summed E-state index contributed by atoms with van der Waals surface area (Å²) >= 11 is 0.958. The third-order valence-electron chi connectivity index (χ3n) is 4.56. The van der Waals surface area contributed by atoms with E-state index in [2.05, 4.69) is 11.6 Å². The van der Waals surface area contributed by atoms with Gasteiger partial charge in [0.15, 0.2) is 5.60 Å². The maximum atomic E-state index is 14.0. The lowest BCUT2D eigenvalue weighted by Crippen LogP contribution is -2.45. The molecule has 0 aliphatic heterocycles. The highest BCUT2D eigenvalue weighted by Gasteiger charge is 2.56. The number of methoxy groups -OCH3 is 1. The minimum atomic E-state index is -4.89. The Morgan fingerprint density at radius 1 is 1.32 bits per heavy atom. The van der Waals surface area contributed by atoms with Crippen LogP contribution in [0.4, 0.5) is 18.9 Å². The Hall–Kier alpha value is -2.19. The van der Waals surface area contributed by atoms with E-state index in [0.29, 0.717) is 16.8 Å². The summed E-state index contributed by atoms with van der Waals surface area (Å²) in [6.07, 6.45) is 3.83. The second-order valence-electron chi connectivity index (χ2n) is 7.05. The van der Waals surface area contributed by atoms with Gasteiger partial charge in [-0.1, -0.05) is 30.9 Å². The zero-order chi connectivity index (χ0) is 23.7. The van der Waals surface area contributed by atoms with Crippen molar-refractivity contribution in [1.82, 2.24) is 4.90 Å². The average Bonchev–Trinajstić information content (AvgIpc) is 2.71. The molecule has 0 aliphatic rings. The quantitative estimate of drug-likeness (QED) is 0.260. The molecular weight excluding hydrogens is 425 g/mol. The van der Waals surface area contributed by atoms with E-state index >= 15 is 0 Å². The molecule has 0 fully saturated rings. The normalized spacial score (nSPS) is 14.5. The van der Waals surface area contributed by atoms with Crippen LogP contribution in [0, 0.1) is 6.92 Å². The molecule has 1 unspecified atom stereocenters. The van der Waals surface area contributed by atoms with Crippen LogP contribution in [0.25, 0.3) is 0 Å². The molecule has 1 rings (SSSR count). The molecule has 1 aromatic carbocycles. The Labute approximate surface area is 187 Å². The van der Waals surface area contributed by atoms with Crippen LogP contribution in [0.3, 0.4) is 0 Å². The van der Waals surface area contributed by atoms with E-state index in [1.54, 1.807) is 31.5 Å². The summed E-state index contributed by atoms with van der Waals surface area (Å²) in [6, 6.07) is 2.72. The summed E-state index contributed by atoms with van der Waals surface area (Å²) < 4.78 is 47.2. The lowest BCUT2D eigenvalue weighted by molar-refractivity contribution is -0.256. The van der Waals surface area contributed by atoms with Crippen molar-refractivity contribution in [1.29, 1.82) is 0 Å². The number of aryl methyl sites for hydroxylation is 1. The van der Waals surface area contributed by atoms with Crippen molar-refractivity contribution < 1.29 is 23.0 Å². The molecule has 0 spiro atoms. The summed E-state index contributed by atoms with van der Waals surface area (Å²) in [6.45, 7) is 10.0. The molecule has 4 nitrogen and oxygen atoms in total. The van der Waals surface area contributed by atoms with Gasteiger partial charge < -0.3 is 14.7 Å². The molecule has 0 aliphatic carbocycles. The van der Waals surface area contributed by atoms with Crippen LogP contribution in [0.5, 0.6) is 5.75 Å². The van der Waals surface area contributed by atoms with Crippen molar-refractivity contribution >= 4 is 23.8 Å². The average molecular weight is 457 g/mol. The zero-order valence-electron chi connectivity index (χ0n) is 18.7. The second-order valence-corrected chi connectivity index (χ2v) is 8.04. The Kier molecular flexibility index (Phi) is 10.4. The van der Waals surface area contributed by atoms with E-state index in [1.165, 1.54) is 19.2 Å². The van der Waals surface area contributed by atoms with Gasteiger partial charge in [0.1, 0.15) is 5.75 Å². The number of benzene rings is 1. The van der Waals surface area contributed by atoms with Crippen LogP contribution < -0.4 is 4.74 Å². The highest BCUT2D eigenvalue weighted by atomic mass is 32.2. The highest BCUT2D eigenvalue weighted by Crippen LogP contribution is 2.46. The number of aliphatic hydroxyl groups is 1. The van der Waals surface area contributed by atoms with Gasteiger partial charge in [-0.05, 0) is 38.0 Å². The number of ether oxygens (including phenoxy) is 1. The zero-order valence-corrected chi connectivity index (χ0v) is 19.5. The number of allylic oxidation sites excluding steroid dienone is 4. The number of thioether (sulfide) groups is 1. The van der Waals surface area contributed by atoms with Crippen molar-refractivity contribution in [3.63, 3.8) is 0 Å². The van der Waals surface area contributed by atoms with Gasteiger partial charge >= 0.3 is 6.18 Å². The lowest BCUT2D eigenvalue weighted by atomic mass is 9.92. The number of rotatable bonds is 11. The maximum absolute atomic E-state index is 14.0. The van der Waals surface area contributed by atoms with Crippen LogP contribution in [0.1, 0.15) is 25.0 Å². The van der Waals surface area contributed by atoms with Crippen LogP contribution in [-0.2, 0) is 5.60 Å². The Bertz CT molecular complexity index is 835. The van der Waals surface area contributed by atoms with Crippen LogP contribution in [-0.4, -0.2) is 54.7 Å². The molecule has 0 radical (unpaired) electrons. The van der Waals surface area contributed by atoms with E-state index in [9.17, 15) is 18.3 Å². The molecule has 0 bridgehead atoms. The Balaban J connectivity index is 3.24. The molecule has 0 amide bonds. The third-order valence-corrected chi connectivity index (χ3v) is 5.76. The summed E-state index contributed by atoms with van der Waals surface area (Å²) in [5, 5.41) is 10.8. The number of halogens is 3. The molecule has 0 aromatic heterocycles. The fourth-order valence-corrected chi connectivity index (χ4v) is 3.62. The van der Waals surface area contributed by atoms with Gasteiger partial charge in [0.2, 0.25) is 0 Å². The largest absolute Gasteiger partial charge is 0.496 e. The Morgan fingerprint density at radius 2 is 2.00 bits per heavy atom. The van der Waals surface area contributed by atoms with Gasteiger partial charge in [0.25, 0.3) is 0 Å². The van der Waals surface area contributed by atoms with E-state index in [4.69, 9.17) is 4.74 Å². The topological polar surface area (TPSA) is 45.1 Å². The molecule has 1 atom stereocenters. The van der Waals surface area contributed by atoms with Crippen LogP contribution in [0.2, 0.25) is 0 Å². The molecule has 1 N–H and O–H groups in total. The van der Waals surface area contributed by atoms with Crippen molar-refractivity contribution in [2.75, 3.05) is 32.2 Å². The molecule has 172 valence electrons. The van der Waals surface area contributed by atoms with Crippen molar-refractivity contribution in [2.45, 2.75) is 32.5 Å². The first kappa shape index (κ1) is 26.8. The summed E-state index contributed by atoms with van der Waals surface area (Å²) in [5.74, 6) is -0.409. The summed E-state index contributed by atoms with van der Waals surface area (Å²) in [7, 11) is 3.11. The van der Waals surface area contributed by atoms with E-state index in [1.807, 2.05) is 31.9 Å². The van der Waals surface area contributed by atoms with Gasteiger partial charge in [0, 0.05) is 36.7 Å². The fraction of sp³-hybridized carbons (Fsp3) is 0.435. The molecule has 1 aromatic rings. The molecule has 0 saturated carbocycles. The first-order valence-corrected chi connectivity index (χ1v) is 10.9. The molecule has 31 heavy (non-hydrogen) atoms. The second kappa shape index (κ2) is 12.0. The standard InChI is InChI=1S/C23H31F3N2O2S/c1-7-9-10-11-17(3)14-31-15-22(29,23(24,25)26)19-12-18(4)20(13-21(19)30-6)27-16-28(5)8-2/h7,9-13,16,29H,3,8,14-15H2,1-2,4-6H3/b9-7-,11-10-,27-16?. The Morgan fingerprint density at radius 3 is 2.55 bits per heavy atom. The highest BCUT2D eigenvalue weighted by molar-refractivity contribution is 7.99. The van der Waals surface area contributed by atoms with Crippen molar-refractivity contribution in [3.05, 3.63) is 59.7 Å². The number of hydrogen-bond donors (Lipinski definition) is 1. The van der Waals surface area contributed by atoms with Crippen LogP contribution >= 0.6 is 11.8 Å². The first-order valence-electron chi connectivity index (χ1n) is 9.77. The SMILES string of the molecule is C=C(/C=C\C=C/C)CSCC(O)(c1cc(C)c(N=CN(C)CC)cc1OC)C(F)(F)F. The predicted octanol–water partition coefficient (Wildman–Crippen LogP) is 5.79. The lowest BCUT2D eigenvalue weighted by Gasteiger charge is -2.32.